The first-order valence-corrected chi connectivity index (χ1v) is 12.0. The highest BCUT2D eigenvalue weighted by molar-refractivity contribution is 9.10. The molecule has 0 atom stereocenters. The molecule has 0 bridgehead atoms. The Bertz CT molecular complexity index is 1670. The van der Waals surface area contributed by atoms with Crippen LogP contribution in [0.2, 0.25) is 0 Å². The summed E-state index contributed by atoms with van der Waals surface area (Å²) in [5.41, 5.74) is 3.06. The summed E-state index contributed by atoms with van der Waals surface area (Å²) in [5, 5.41) is 4.96. The van der Waals surface area contributed by atoms with Crippen molar-refractivity contribution in [3.8, 4) is 17.1 Å². The minimum absolute atomic E-state index is 0.294. The molecule has 0 spiro atoms. The fourth-order valence-electron chi connectivity index (χ4n) is 3.75. The third kappa shape index (κ3) is 4.87. The summed E-state index contributed by atoms with van der Waals surface area (Å²) < 4.78 is 7.79. The monoisotopic (exact) mass is 537 g/mol. The Kier molecular flexibility index (Phi) is 6.56. The summed E-state index contributed by atoms with van der Waals surface area (Å²) in [6.07, 6.45) is 1.50. The molecule has 1 aromatic heterocycles. The van der Waals surface area contributed by atoms with Crippen molar-refractivity contribution < 1.29 is 9.53 Å². The number of esters is 1. The number of hydrogen-bond acceptors (Lipinski definition) is 5. The van der Waals surface area contributed by atoms with Crippen LogP contribution in [0.3, 0.4) is 0 Å². The van der Waals surface area contributed by atoms with Gasteiger partial charge in [0.05, 0.1) is 22.7 Å². The predicted octanol–water partition coefficient (Wildman–Crippen LogP) is 6.24. The van der Waals surface area contributed by atoms with Crippen LogP contribution in [0.15, 0.2) is 111 Å². The Morgan fingerprint density at radius 2 is 1.69 bits per heavy atom. The molecule has 0 amide bonds. The van der Waals surface area contributed by atoms with Crippen LogP contribution >= 0.6 is 15.9 Å². The van der Waals surface area contributed by atoms with Gasteiger partial charge in [0.2, 0.25) is 0 Å². The lowest BCUT2D eigenvalue weighted by Crippen LogP contribution is -2.20. The zero-order valence-corrected chi connectivity index (χ0v) is 20.8. The van der Waals surface area contributed by atoms with E-state index in [4.69, 9.17) is 9.72 Å². The molecule has 6 nitrogen and oxygen atoms in total. The number of para-hydroxylation sites is 2. The van der Waals surface area contributed by atoms with Gasteiger partial charge in [0, 0.05) is 15.6 Å². The van der Waals surface area contributed by atoms with Crippen molar-refractivity contribution in [3.63, 3.8) is 0 Å². The quantitative estimate of drug-likeness (QED) is 0.151. The van der Waals surface area contributed by atoms with Crippen LogP contribution in [-0.2, 0) is 0 Å². The number of nitrogens with zero attached hydrogens (tertiary/aromatic N) is 3. The van der Waals surface area contributed by atoms with Gasteiger partial charge in [0.25, 0.3) is 5.56 Å². The van der Waals surface area contributed by atoms with Crippen LogP contribution in [0.5, 0.6) is 5.75 Å². The van der Waals surface area contributed by atoms with E-state index >= 15 is 0 Å². The fourth-order valence-corrected chi connectivity index (χ4v) is 4.01. The Hall–Kier alpha value is -4.36. The van der Waals surface area contributed by atoms with Gasteiger partial charge in [0.15, 0.2) is 5.82 Å². The molecule has 0 aliphatic rings. The molecular weight excluding hydrogens is 518 g/mol. The molecule has 0 saturated heterocycles. The van der Waals surface area contributed by atoms with E-state index in [2.05, 4.69) is 21.0 Å². The molecule has 1 heterocycles. The molecular formula is C29H20BrN3O3. The summed E-state index contributed by atoms with van der Waals surface area (Å²) in [7, 11) is 0. The zero-order chi connectivity index (χ0) is 25.1. The summed E-state index contributed by atoms with van der Waals surface area (Å²) >= 11 is 3.36. The number of fused-ring (bicyclic) bond motifs is 1. The number of ether oxygens (including phenoxy) is 1. The van der Waals surface area contributed by atoms with E-state index in [0.29, 0.717) is 33.6 Å². The van der Waals surface area contributed by atoms with E-state index in [9.17, 15) is 9.59 Å². The topological polar surface area (TPSA) is 73.6 Å². The van der Waals surface area contributed by atoms with Gasteiger partial charge in [-0.2, -0.15) is 9.78 Å². The minimum Gasteiger partial charge on any atom is -0.422 e. The van der Waals surface area contributed by atoms with Gasteiger partial charge in [-0.25, -0.2) is 9.78 Å². The van der Waals surface area contributed by atoms with Crippen molar-refractivity contribution in [1.82, 2.24) is 9.66 Å². The molecule has 176 valence electrons. The maximum Gasteiger partial charge on any atom is 0.343 e. The molecule has 36 heavy (non-hydrogen) atoms. The largest absolute Gasteiger partial charge is 0.422 e. The first-order chi connectivity index (χ1) is 17.5. The van der Waals surface area contributed by atoms with Crippen LogP contribution in [-0.4, -0.2) is 21.8 Å². The molecule has 5 aromatic rings. The van der Waals surface area contributed by atoms with Crippen LogP contribution in [0, 0.1) is 6.92 Å². The number of carbonyl (C=O) groups excluding carboxylic acids is 1. The molecule has 0 saturated carbocycles. The van der Waals surface area contributed by atoms with Gasteiger partial charge in [-0.15, -0.1) is 0 Å². The van der Waals surface area contributed by atoms with Gasteiger partial charge < -0.3 is 4.74 Å². The first kappa shape index (κ1) is 23.4. The van der Waals surface area contributed by atoms with Crippen LogP contribution in [0.4, 0.5) is 0 Å². The summed E-state index contributed by atoms with van der Waals surface area (Å²) in [6, 6.07) is 28.8. The molecule has 5 rings (SSSR count). The van der Waals surface area contributed by atoms with Gasteiger partial charge in [-0.3, -0.25) is 4.79 Å². The van der Waals surface area contributed by atoms with Gasteiger partial charge in [-0.1, -0.05) is 64.0 Å². The second kappa shape index (κ2) is 10.1. The average Bonchev–Trinajstić information content (AvgIpc) is 2.89. The molecule has 7 heteroatoms. The smallest absolute Gasteiger partial charge is 0.343 e. The lowest BCUT2D eigenvalue weighted by atomic mass is 10.1. The molecule has 0 aliphatic heterocycles. The van der Waals surface area contributed by atoms with Gasteiger partial charge >= 0.3 is 5.97 Å². The van der Waals surface area contributed by atoms with E-state index in [0.717, 1.165) is 15.6 Å². The zero-order valence-electron chi connectivity index (χ0n) is 19.3. The fraction of sp³-hybridized carbons (Fsp3) is 0.0345. The van der Waals surface area contributed by atoms with Crippen LogP contribution < -0.4 is 10.3 Å². The van der Waals surface area contributed by atoms with E-state index in [-0.39, 0.29) is 5.56 Å². The second-order valence-corrected chi connectivity index (χ2v) is 9.03. The van der Waals surface area contributed by atoms with Crippen molar-refractivity contribution in [2.75, 3.05) is 0 Å². The standard InChI is InChI=1S/C29H20BrN3O3/c1-19-7-6-9-21(17-19)27-32-25-11-4-3-10-24(25)28(34)33(27)31-18-22-8-2-5-12-26(22)36-29(35)20-13-15-23(30)16-14-20/h2-18H,1H3. The molecule has 0 N–H and O–H groups in total. The van der Waals surface area contributed by atoms with E-state index in [1.165, 1.54) is 10.9 Å². The lowest BCUT2D eigenvalue weighted by molar-refractivity contribution is 0.0734. The van der Waals surface area contributed by atoms with E-state index < -0.39 is 5.97 Å². The van der Waals surface area contributed by atoms with Crippen LogP contribution in [0.1, 0.15) is 21.5 Å². The highest BCUT2D eigenvalue weighted by Gasteiger charge is 2.14. The van der Waals surface area contributed by atoms with Crippen molar-refractivity contribution in [2.24, 2.45) is 5.10 Å². The van der Waals surface area contributed by atoms with Crippen molar-refractivity contribution in [2.45, 2.75) is 6.92 Å². The Labute approximate surface area is 215 Å². The number of halogens is 1. The summed E-state index contributed by atoms with van der Waals surface area (Å²) in [4.78, 5) is 30.8. The maximum atomic E-state index is 13.4. The highest BCUT2D eigenvalue weighted by atomic mass is 79.9. The van der Waals surface area contributed by atoms with Crippen molar-refractivity contribution in [1.29, 1.82) is 0 Å². The van der Waals surface area contributed by atoms with Crippen LogP contribution in [0.25, 0.3) is 22.3 Å². The second-order valence-electron chi connectivity index (χ2n) is 8.12. The third-order valence-corrected chi connectivity index (χ3v) is 6.07. The lowest BCUT2D eigenvalue weighted by Gasteiger charge is -2.11. The summed E-state index contributed by atoms with van der Waals surface area (Å²) in [6.45, 7) is 1.98. The Morgan fingerprint density at radius 1 is 0.944 bits per heavy atom. The minimum atomic E-state index is -0.492. The number of aryl methyl sites for hydroxylation is 1. The van der Waals surface area contributed by atoms with Gasteiger partial charge in [0.1, 0.15) is 5.75 Å². The SMILES string of the molecule is Cc1cccc(-c2nc3ccccc3c(=O)n2N=Cc2ccccc2OC(=O)c2ccc(Br)cc2)c1. The maximum absolute atomic E-state index is 13.4. The Morgan fingerprint density at radius 3 is 2.50 bits per heavy atom. The molecule has 0 aliphatic carbocycles. The molecule has 4 aromatic carbocycles. The molecule has 0 unspecified atom stereocenters. The number of benzene rings is 4. The van der Waals surface area contributed by atoms with Crippen molar-refractivity contribution >= 4 is 39.0 Å². The predicted molar refractivity (Wildman–Crippen MR) is 145 cm³/mol. The number of aromatic nitrogens is 2. The normalized spacial score (nSPS) is 11.2. The Balaban J connectivity index is 1.57. The van der Waals surface area contributed by atoms with Crippen molar-refractivity contribution in [3.05, 3.63) is 129 Å². The number of carbonyl (C=O) groups is 1. The van der Waals surface area contributed by atoms with Gasteiger partial charge in [-0.05, 0) is 61.5 Å². The van der Waals surface area contributed by atoms with E-state index in [1.54, 1.807) is 66.7 Å². The summed E-state index contributed by atoms with van der Waals surface area (Å²) in [5.74, 6) is 0.254. The average molecular weight is 538 g/mol. The van der Waals surface area contributed by atoms with E-state index in [1.807, 2.05) is 37.3 Å². The highest BCUT2D eigenvalue weighted by Crippen LogP contribution is 2.22. The third-order valence-electron chi connectivity index (χ3n) is 5.54. The molecule has 0 fully saturated rings. The number of rotatable bonds is 5. The molecule has 0 radical (unpaired) electrons. The first-order valence-electron chi connectivity index (χ1n) is 11.2. The number of hydrogen-bond donors (Lipinski definition) is 0.